The minimum Gasteiger partial charge on any atom is -0.444 e. The molecule has 0 unspecified atom stereocenters. The molecular formula is C13H19BrN6O2. The van der Waals surface area contributed by atoms with Crippen LogP contribution in [0.4, 0.5) is 16.2 Å². The molecule has 0 heterocycles. The third-order valence-corrected chi connectivity index (χ3v) is 2.74. The molecule has 120 valence electrons. The summed E-state index contributed by atoms with van der Waals surface area (Å²) < 4.78 is 5.83. The number of amides is 1. The number of guanidine groups is 2. The Kier molecular flexibility index (Phi) is 5.75. The Morgan fingerprint density at radius 1 is 1.27 bits per heavy atom. The molecule has 8 nitrogen and oxygen atoms in total. The zero-order valence-electron chi connectivity index (χ0n) is 12.6. The summed E-state index contributed by atoms with van der Waals surface area (Å²) in [5.41, 5.74) is 16.4. The lowest BCUT2D eigenvalue weighted by atomic mass is 10.2. The number of nitrogens with two attached hydrogens (primary N) is 3. The second-order valence-electron chi connectivity index (χ2n) is 5.30. The van der Waals surface area contributed by atoms with Gasteiger partial charge in [0.15, 0.2) is 5.96 Å². The lowest BCUT2D eigenvalue weighted by Crippen LogP contribution is -2.27. The maximum absolute atomic E-state index is 11.7. The molecule has 0 aromatic heterocycles. The molecule has 0 spiro atoms. The number of halogens is 1. The van der Waals surface area contributed by atoms with Crippen molar-refractivity contribution < 1.29 is 9.53 Å². The maximum atomic E-state index is 11.7. The Labute approximate surface area is 136 Å². The zero-order chi connectivity index (χ0) is 16.9. The predicted molar refractivity (Wildman–Crippen MR) is 91.1 cm³/mol. The van der Waals surface area contributed by atoms with Gasteiger partial charge in [-0.3, -0.25) is 5.32 Å². The average Bonchev–Trinajstić information content (AvgIpc) is 2.29. The molecular weight excluding hydrogens is 352 g/mol. The summed E-state index contributed by atoms with van der Waals surface area (Å²) >= 11 is 3.32. The van der Waals surface area contributed by atoms with E-state index in [1.165, 1.54) is 0 Å². The Morgan fingerprint density at radius 3 is 2.45 bits per heavy atom. The summed E-state index contributed by atoms with van der Waals surface area (Å²) in [6.07, 6.45) is -0.568. The molecule has 0 aliphatic rings. The van der Waals surface area contributed by atoms with Crippen LogP contribution >= 0.6 is 15.9 Å². The number of nitrogens with one attached hydrogen (secondary N) is 1. The SMILES string of the molecule is CC(C)(C)OC(=O)Nc1ccc(Br)c(N=C(N)N=C(N)N)c1. The number of carbonyl (C=O) groups is 1. The first-order chi connectivity index (χ1) is 10.1. The van der Waals surface area contributed by atoms with Gasteiger partial charge in [0.2, 0.25) is 5.96 Å². The zero-order valence-corrected chi connectivity index (χ0v) is 14.1. The molecule has 0 fully saturated rings. The molecule has 1 amide bonds. The number of ether oxygens (including phenoxy) is 1. The van der Waals surface area contributed by atoms with E-state index in [9.17, 15) is 4.79 Å². The highest BCUT2D eigenvalue weighted by atomic mass is 79.9. The molecule has 0 bridgehead atoms. The van der Waals surface area contributed by atoms with E-state index in [0.29, 0.717) is 15.8 Å². The molecule has 9 heteroatoms. The van der Waals surface area contributed by atoms with E-state index in [2.05, 4.69) is 31.2 Å². The summed E-state index contributed by atoms with van der Waals surface area (Å²) in [5, 5.41) is 2.60. The van der Waals surface area contributed by atoms with Crippen LogP contribution in [0.3, 0.4) is 0 Å². The van der Waals surface area contributed by atoms with Crippen LogP contribution in [0.2, 0.25) is 0 Å². The first kappa shape index (κ1) is 17.8. The van der Waals surface area contributed by atoms with Crippen molar-refractivity contribution in [1.82, 2.24) is 0 Å². The molecule has 7 N–H and O–H groups in total. The maximum Gasteiger partial charge on any atom is 0.412 e. The van der Waals surface area contributed by atoms with Gasteiger partial charge in [0.25, 0.3) is 0 Å². The van der Waals surface area contributed by atoms with Gasteiger partial charge in [-0.2, -0.15) is 4.99 Å². The number of rotatable bonds is 2. The second kappa shape index (κ2) is 7.12. The van der Waals surface area contributed by atoms with Crippen molar-refractivity contribution in [2.45, 2.75) is 26.4 Å². The third kappa shape index (κ3) is 6.44. The quantitative estimate of drug-likeness (QED) is 0.465. The fourth-order valence-corrected chi connectivity index (χ4v) is 1.71. The number of benzene rings is 1. The predicted octanol–water partition coefficient (Wildman–Crippen LogP) is 2.02. The van der Waals surface area contributed by atoms with Crippen LogP contribution < -0.4 is 22.5 Å². The Morgan fingerprint density at radius 2 is 1.91 bits per heavy atom. The molecule has 0 aliphatic heterocycles. The fourth-order valence-electron chi connectivity index (χ4n) is 1.38. The molecule has 0 saturated heterocycles. The van der Waals surface area contributed by atoms with Crippen LogP contribution in [0.1, 0.15) is 20.8 Å². The molecule has 1 aromatic carbocycles. The van der Waals surface area contributed by atoms with E-state index in [0.717, 1.165) is 0 Å². The molecule has 0 saturated carbocycles. The third-order valence-electron chi connectivity index (χ3n) is 2.07. The summed E-state index contributed by atoms with van der Waals surface area (Å²) in [6.45, 7) is 5.33. The van der Waals surface area contributed by atoms with Crippen LogP contribution in [-0.4, -0.2) is 23.6 Å². The summed E-state index contributed by atoms with van der Waals surface area (Å²) in [7, 11) is 0. The lowest BCUT2D eigenvalue weighted by Gasteiger charge is -2.19. The highest BCUT2D eigenvalue weighted by Crippen LogP contribution is 2.29. The average molecular weight is 371 g/mol. The van der Waals surface area contributed by atoms with E-state index in [1.807, 2.05) is 0 Å². The van der Waals surface area contributed by atoms with Crippen molar-refractivity contribution in [2.24, 2.45) is 27.2 Å². The van der Waals surface area contributed by atoms with E-state index >= 15 is 0 Å². The largest absolute Gasteiger partial charge is 0.444 e. The topological polar surface area (TPSA) is 141 Å². The molecule has 22 heavy (non-hydrogen) atoms. The van der Waals surface area contributed by atoms with Crippen LogP contribution in [0.15, 0.2) is 32.7 Å². The van der Waals surface area contributed by atoms with Gasteiger partial charge in [-0.15, -0.1) is 0 Å². The number of anilines is 1. The van der Waals surface area contributed by atoms with Crippen LogP contribution in [-0.2, 0) is 4.74 Å². The molecule has 0 atom stereocenters. The highest BCUT2D eigenvalue weighted by molar-refractivity contribution is 9.10. The first-order valence-electron chi connectivity index (χ1n) is 6.30. The number of hydrogen-bond acceptors (Lipinski definition) is 3. The molecule has 1 aromatic rings. The Balaban J connectivity index is 2.95. The van der Waals surface area contributed by atoms with Gasteiger partial charge >= 0.3 is 6.09 Å². The van der Waals surface area contributed by atoms with Gasteiger partial charge in [-0.1, -0.05) is 0 Å². The van der Waals surface area contributed by atoms with Crippen LogP contribution in [0, 0.1) is 0 Å². The van der Waals surface area contributed by atoms with Crippen molar-refractivity contribution in [2.75, 3.05) is 5.32 Å². The van der Waals surface area contributed by atoms with E-state index < -0.39 is 11.7 Å². The van der Waals surface area contributed by atoms with Gasteiger partial charge < -0.3 is 21.9 Å². The summed E-state index contributed by atoms with van der Waals surface area (Å²) in [6, 6.07) is 4.99. The number of aliphatic imine (C=N–C) groups is 2. The van der Waals surface area contributed by atoms with Crippen molar-refractivity contribution in [3.8, 4) is 0 Å². The second-order valence-corrected chi connectivity index (χ2v) is 6.15. The smallest absolute Gasteiger partial charge is 0.412 e. The van der Waals surface area contributed by atoms with E-state index in [1.54, 1.807) is 39.0 Å². The van der Waals surface area contributed by atoms with Crippen molar-refractivity contribution >= 4 is 45.3 Å². The van der Waals surface area contributed by atoms with E-state index in [4.69, 9.17) is 21.9 Å². The molecule has 1 rings (SSSR count). The van der Waals surface area contributed by atoms with Gasteiger partial charge in [0, 0.05) is 10.2 Å². The lowest BCUT2D eigenvalue weighted by molar-refractivity contribution is 0.0636. The molecule has 0 aliphatic carbocycles. The highest BCUT2D eigenvalue weighted by Gasteiger charge is 2.16. The normalized spacial score (nSPS) is 11.7. The van der Waals surface area contributed by atoms with Crippen molar-refractivity contribution in [1.29, 1.82) is 0 Å². The van der Waals surface area contributed by atoms with Crippen LogP contribution in [0.5, 0.6) is 0 Å². The van der Waals surface area contributed by atoms with Crippen LogP contribution in [0.25, 0.3) is 0 Å². The van der Waals surface area contributed by atoms with Gasteiger partial charge in [-0.05, 0) is 54.9 Å². The fraction of sp³-hybridized carbons (Fsp3) is 0.308. The first-order valence-corrected chi connectivity index (χ1v) is 7.09. The Bertz CT molecular complexity index is 617. The number of nitrogens with zero attached hydrogens (tertiary/aromatic N) is 2. The van der Waals surface area contributed by atoms with Crippen molar-refractivity contribution in [3.63, 3.8) is 0 Å². The minimum atomic E-state index is -0.585. The summed E-state index contributed by atoms with van der Waals surface area (Å²) in [4.78, 5) is 19.4. The Hall–Kier alpha value is -2.29. The van der Waals surface area contributed by atoms with Gasteiger partial charge in [0.1, 0.15) is 5.60 Å². The number of hydrogen-bond donors (Lipinski definition) is 4. The minimum absolute atomic E-state index is 0.102. The monoisotopic (exact) mass is 370 g/mol. The van der Waals surface area contributed by atoms with Crippen molar-refractivity contribution in [3.05, 3.63) is 22.7 Å². The standard InChI is InChI=1S/C13H19BrN6O2/c1-13(2,3)22-12(21)18-7-4-5-8(14)9(6-7)19-11(17)20-10(15)16/h4-6H,1-3H3,(H,18,21)(H6,15,16,17,19,20). The van der Waals surface area contributed by atoms with E-state index in [-0.39, 0.29) is 11.9 Å². The van der Waals surface area contributed by atoms with Gasteiger partial charge in [-0.25, -0.2) is 9.79 Å². The molecule has 0 radical (unpaired) electrons. The summed E-state index contributed by atoms with van der Waals surface area (Å²) in [5.74, 6) is -0.296. The van der Waals surface area contributed by atoms with Gasteiger partial charge in [0.05, 0.1) is 5.69 Å². The number of carbonyl (C=O) groups excluding carboxylic acids is 1.